The van der Waals surface area contributed by atoms with Gasteiger partial charge in [0.2, 0.25) is 0 Å². The second kappa shape index (κ2) is 2.37. The molecule has 2 heterocycles. The van der Waals surface area contributed by atoms with Crippen molar-refractivity contribution < 1.29 is 4.74 Å². The van der Waals surface area contributed by atoms with E-state index in [4.69, 9.17) is 4.74 Å². The lowest BCUT2D eigenvalue weighted by molar-refractivity contribution is 0.380. The Labute approximate surface area is 67.4 Å². The van der Waals surface area contributed by atoms with Gasteiger partial charge < -0.3 is 9.72 Å². The third-order valence-corrected chi connectivity index (χ3v) is 1.59. The van der Waals surface area contributed by atoms with Crippen molar-refractivity contribution in [3.8, 4) is 6.01 Å². The first-order chi connectivity index (χ1) is 5.81. The number of aromatic nitrogens is 3. The van der Waals surface area contributed by atoms with Crippen LogP contribution >= 0.6 is 0 Å². The van der Waals surface area contributed by atoms with Gasteiger partial charge in [-0.15, -0.1) is 0 Å². The molecule has 0 saturated carbocycles. The molecule has 0 aliphatic carbocycles. The molecule has 62 valence electrons. The smallest absolute Gasteiger partial charge is 0.296 e. The molecule has 0 bridgehead atoms. The lowest BCUT2D eigenvalue weighted by Crippen LogP contribution is -2.09. The lowest BCUT2D eigenvalue weighted by atomic mass is 10.5. The van der Waals surface area contributed by atoms with Crippen molar-refractivity contribution in [2.24, 2.45) is 0 Å². The van der Waals surface area contributed by atoms with E-state index in [1.165, 1.54) is 7.11 Å². The summed E-state index contributed by atoms with van der Waals surface area (Å²) in [6, 6.07) is 1.94. The van der Waals surface area contributed by atoms with E-state index < -0.39 is 0 Å². The van der Waals surface area contributed by atoms with Crippen LogP contribution in [0.3, 0.4) is 0 Å². The van der Waals surface area contributed by atoms with E-state index in [2.05, 4.69) is 15.0 Å². The molecule has 0 aliphatic rings. The standard InChI is InChI=1S/C7H7N3O2/c1-12-7-9-4-2-3-8-5(4)6(11)10-7/h2-3,8H,1H3,(H,9,10,11). The molecule has 2 rings (SSSR count). The minimum Gasteiger partial charge on any atom is -0.468 e. The molecule has 0 fully saturated rings. The molecular weight excluding hydrogens is 158 g/mol. The zero-order valence-electron chi connectivity index (χ0n) is 6.42. The van der Waals surface area contributed by atoms with Crippen LogP contribution in [0.2, 0.25) is 0 Å². The van der Waals surface area contributed by atoms with Crippen molar-refractivity contribution in [1.82, 2.24) is 15.0 Å². The molecule has 0 aromatic carbocycles. The monoisotopic (exact) mass is 165 g/mol. The van der Waals surface area contributed by atoms with Gasteiger partial charge in [0.1, 0.15) is 5.52 Å². The Kier molecular flexibility index (Phi) is 1.36. The molecule has 5 heteroatoms. The number of methoxy groups -OCH3 is 1. The topological polar surface area (TPSA) is 70.8 Å². The molecule has 0 unspecified atom stereocenters. The molecule has 2 aromatic rings. The first-order valence-corrected chi connectivity index (χ1v) is 3.42. The van der Waals surface area contributed by atoms with Crippen molar-refractivity contribution in [2.45, 2.75) is 0 Å². The average molecular weight is 165 g/mol. The number of nitrogens with zero attached hydrogens (tertiary/aromatic N) is 1. The number of hydrogen-bond donors (Lipinski definition) is 2. The number of fused-ring (bicyclic) bond motifs is 1. The fraction of sp³-hybridized carbons (Fsp3) is 0.143. The van der Waals surface area contributed by atoms with E-state index in [-0.39, 0.29) is 11.6 Å². The van der Waals surface area contributed by atoms with Crippen LogP contribution in [0.5, 0.6) is 6.01 Å². The third kappa shape index (κ3) is 0.868. The highest BCUT2D eigenvalue weighted by Crippen LogP contribution is 2.06. The fourth-order valence-corrected chi connectivity index (χ4v) is 1.03. The lowest BCUT2D eigenvalue weighted by Gasteiger charge is -1.95. The number of H-pyrrole nitrogens is 2. The van der Waals surface area contributed by atoms with Crippen LogP contribution in [0.15, 0.2) is 17.1 Å². The van der Waals surface area contributed by atoms with Gasteiger partial charge >= 0.3 is 0 Å². The first kappa shape index (κ1) is 6.90. The summed E-state index contributed by atoms with van der Waals surface area (Å²) in [7, 11) is 1.46. The molecule has 0 atom stereocenters. The van der Waals surface area contributed by atoms with Crippen LogP contribution in [0.1, 0.15) is 0 Å². The van der Waals surface area contributed by atoms with Gasteiger partial charge in [0.15, 0.2) is 0 Å². The van der Waals surface area contributed by atoms with Gasteiger partial charge in [0.25, 0.3) is 11.6 Å². The summed E-state index contributed by atoms with van der Waals surface area (Å²) in [6.45, 7) is 0. The predicted molar refractivity (Wildman–Crippen MR) is 43.3 cm³/mol. The highest BCUT2D eigenvalue weighted by atomic mass is 16.5. The molecule has 5 nitrogen and oxygen atoms in total. The Hall–Kier alpha value is -1.78. The van der Waals surface area contributed by atoms with Gasteiger partial charge in [-0.3, -0.25) is 9.78 Å². The average Bonchev–Trinajstić information content (AvgIpc) is 2.52. The van der Waals surface area contributed by atoms with Crippen LogP contribution in [-0.4, -0.2) is 22.1 Å². The molecular formula is C7H7N3O2. The highest BCUT2D eigenvalue weighted by molar-refractivity contribution is 5.73. The van der Waals surface area contributed by atoms with Crippen LogP contribution < -0.4 is 10.3 Å². The molecule has 0 amide bonds. The van der Waals surface area contributed by atoms with E-state index in [0.29, 0.717) is 11.0 Å². The molecule has 2 N–H and O–H groups in total. The summed E-state index contributed by atoms with van der Waals surface area (Å²) >= 11 is 0. The SMILES string of the molecule is COc1nc2cc[nH]c2c(=O)[nH]1. The molecule has 0 aliphatic heterocycles. The molecule has 0 spiro atoms. The van der Waals surface area contributed by atoms with E-state index in [0.717, 1.165) is 0 Å². The predicted octanol–water partition coefficient (Wildman–Crippen LogP) is 0.260. The maximum Gasteiger partial charge on any atom is 0.296 e. The zero-order chi connectivity index (χ0) is 8.55. The van der Waals surface area contributed by atoms with Crippen molar-refractivity contribution in [1.29, 1.82) is 0 Å². The van der Waals surface area contributed by atoms with Gasteiger partial charge in [-0.1, -0.05) is 0 Å². The summed E-state index contributed by atoms with van der Waals surface area (Å²) in [6.07, 6.45) is 1.66. The van der Waals surface area contributed by atoms with Crippen LogP contribution in [0, 0.1) is 0 Å². The highest BCUT2D eigenvalue weighted by Gasteiger charge is 2.02. The van der Waals surface area contributed by atoms with Gasteiger partial charge in [-0.05, 0) is 6.07 Å². The number of rotatable bonds is 1. The van der Waals surface area contributed by atoms with E-state index in [1.807, 2.05) is 0 Å². The van der Waals surface area contributed by atoms with Crippen molar-refractivity contribution in [3.63, 3.8) is 0 Å². The van der Waals surface area contributed by atoms with Crippen molar-refractivity contribution in [3.05, 3.63) is 22.6 Å². The normalized spacial score (nSPS) is 10.4. The maximum atomic E-state index is 11.2. The van der Waals surface area contributed by atoms with Gasteiger partial charge in [0, 0.05) is 6.20 Å². The molecule has 12 heavy (non-hydrogen) atoms. The van der Waals surface area contributed by atoms with Crippen LogP contribution in [0.4, 0.5) is 0 Å². The quantitative estimate of drug-likeness (QED) is 0.636. The molecule has 2 aromatic heterocycles. The van der Waals surface area contributed by atoms with Crippen LogP contribution in [0.25, 0.3) is 11.0 Å². The van der Waals surface area contributed by atoms with Crippen molar-refractivity contribution in [2.75, 3.05) is 7.11 Å². The molecule has 0 saturated heterocycles. The summed E-state index contributed by atoms with van der Waals surface area (Å²) < 4.78 is 4.79. The Morgan fingerprint density at radius 1 is 1.58 bits per heavy atom. The number of hydrogen-bond acceptors (Lipinski definition) is 3. The summed E-state index contributed by atoms with van der Waals surface area (Å²) in [5.74, 6) is 0. The third-order valence-electron chi connectivity index (χ3n) is 1.59. The number of aromatic amines is 2. The van der Waals surface area contributed by atoms with Gasteiger partial charge in [-0.25, -0.2) is 0 Å². The molecule has 0 radical (unpaired) electrons. The number of ether oxygens (including phenoxy) is 1. The maximum absolute atomic E-state index is 11.2. The minimum atomic E-state index is -0.221. The summed E-state index contributed by atoms with van der Waals surface area (Å²) in [4.78, 5) is 20.5. The summed E-state index contributed by atoms with van der Waals surface area (Å²) in [5, 5.41) is 0. The van der Waals surface area contributed by atoms with E-state index in [1.54, 1.807) is 12.3 Å². The Morgan fingerprint density at radius 2 is 2.42 bits per heavy atom. The summed E-state index contributed by atoms with van der Waals surface area (Å²) in [5.41, 5.74) is 0.855. The van der Waals surface area contributed by atoms with Gasteiger partial charge in [0.05, 0.1) is 12.6 Å². The zero-order valence-corrected chi connectivity index (χ0v) is 6.42. The van der Waals surface area contributed by atoms with Crippen molar-refractivity contribution >= 4 is 11.0 Å². The first-order valence-electron chi connectivity index (χ1n) is 3.42. The fourth-order valence-electron chi connectivity index (χ4n) is 1.03. The van der Waals surface area contributed by atoms with Gasteiger partial charge in [-0.2, -0.15) is 4.98 Å². The Bertz CT molecular complexity index is 457. The van der Waals surface area contributed by atoms with E-state index >= 15 is 0 Å². The second-order valence-electron chi connectivity index (χ2n) is 2.31. The Morgan fingerprint density at radius 3 is 3.17 bits per heavy atom. The Balaban J connectivity index is 2.84. The minimum absolute atomic E-state index is 0.221. The van der Waals surface area contributed by atoms with E-state index in [9.17, 15) is 4.79 Å². The van der Waals surface area contributed by atoms with Crippen LogP contribution in [-0.2, 0) is 0 Å². The largest absolute Gasteiger partial charge is 0.468 e. The second-order valence-corrected chi connectivity index (χ2v) is 2.31. The number of nitrogens with one attached hydrogen (secondary N) is 2.